The molecule has 0 saturated heterocycles. The van der Waals surface area contributed by atoms with Gasteiger partial charge >= 0.3 is 5.97 Å². The summed E-state index contributed by atoms with van der Waals surface area (Å²) in [6.45, 7) is 1.81. The Balaban J connectivity index is 1.92. The normalized spacial score (nSPS) is 11.6. The van der Waals surface area contributed by atoms with Gasteiger partial charge in [-0.25, -0.2) is 9.78 Å². The van der Waals surface area contributed by atoms with Gasteiger partial charge in [0.05, 0.1) is 5.02 Å². The van der Waals surface area contributed by atoms with Gasteiger partial charge in [-0.3, -0.25) is 4.79 Å². The minimum absolute atomic E-state index is 0.108. The third-order valence-corrected chi connectivity index (χ3v) is 3.48. The summed E-state index contributed by atoms with van der Waals surface area (Å²) in [5, 5.41) is 2.91. The van der Waals surface area contributed by atoms with Crippen LogP contribution in [0.25, 0.3) is 0 Å². The summed E-state index contributed by atoms with van der Waals surface area (Å²) in [6, 6.07) is 12.3. The van der Waals surface area contributed by atoms with Crippen molar-refractivity contribution in [2.24, 2.45) is 0 Å². The summed E-state index contributed by atoms with van der Waals surface area (Å²) < 4.78 is 5.07. The topological polar surface area (TPSA) is 68.3 Å². The standard InChI is InChI=1S/C16H14Cl2N2O3/c1-10(15(21)19-9-11-5-3-2-4-6-11)23-16(22)14-12(17)7-8-13(18)20-14/h2-8,10H,9H2,1H3,(H,19,21)/t10-/m0/s1. The molecule has 2 aromatic rings. The van der Waals surface area contributed by atoms with Crippen LogP contribution in [0.5, 0.6) is 0 Å². The molecule has 1 N–H and O–H groups in total. The van der Waals surface area contributed by atoms with Gasteiger partial charge in [-0.1, -0.05) is 53.5 Å². The number of halogens is 2. The van der Waals surface area contributed by atoms with E-state index in [-0.39, 0.29) is 15.9 Å². The fraction of sp³-hybridized carbons (Fsp3) is 0.188. The zero-order valence-corrected chi connectivity index (χ0v) is 13.8. The first kappa shape index (κ1) is 17.2. The molecule has 0 radical (unpaired) electrons. The number of ether oxygens (including phenoxy) is 1. The van der Waals surface area contributed by atoms with E-state index < -0.39 is 18.0 Å². The summed E-state index contributed by atoms with van der Waals surface area (Å²) >= 11 is 11.6. The summed E-state index contributed by atoms with van der Waals surface area (Å²) in [7, 11) is 0. The fourth-order valence-electron chi connectivity index (χ4n) is 1.76. The molecule has 1 atom stereocenters. The molecule has 0 unspecified atom stereocenters. The third kappa shape index (κ3) is 4.94. The van der Waals surface area contributed by atoms with E-state index in [1.54, 1.807) is 0 Å². The number of hydrogen-bond donors (Lipinski definition) is 1. The first-order valence-electron chi connectivity index (χ1n) is 6.82. The highest BCUT2D eigenvalue weighted by molar-refractivity contribution is 6.34. The van der Waals surface area contributed by atoms with Gasteiger partial charge in [0.25, 0.3) is 5.91 Å². The van der Waals surface area contributed by atoms with Crippen molar-refractivity contribution in [3.63, 3.8) is 0 Å². The third-order valence-electron chi connectivity index (χ3n) is 2.97. The molecule has 5 nitrogen and oxygen atoms in total. The largest absolute Gasteiger partial charge is 0.448 e. The molecule has 0 fully saturated rings. The second-order valence-corrected chi connectivity index (χ2v) is 5.51. The van der Waals surface area contributed by atoms with Gasteiger partial charge < -0.3 is 10.1 Å². The van der Waals surface area contributed by atoms with Crippen LogP contribution in [0, 0.1) is 0 Å². The van der Waals surface area contributed by atoms with Gasteiger partial charge in [0, 0.05) is 6.54 Å². The van der Waals surface area contributed by atoms with Crippen molar-refractivity contribution < 1.29 is 14.3 Å². The lowest BCUT2D eigenvalue weighted by Gasteiger charge is -2.13. The molecule has 0 aliphatic carbocycles. The lowest BCUT2D eigenvalue weighted by Crippen LogP contribution is -2.35. The van der Waals surface area contributed by atoms with Gasteiger partial charge in [-0.15, -0.1) is 0 Å². The number of carbonyl (C=O) groups is 2. The summed E-state index contributed by atoms with van der Waals surface area (Å²) in [5.74, 6) is -1.22. The number of carbonyl (C=O) groups excluding carboxylic acids is 2. The first-order chi connectivity index (χ1) is 11.0. The van der Waals surface area contributed by atoms with E-state index in [9.17, 15) is 9.59 Å². The van der Waals surface area contributed by atoms with Crippen LogP contribution in [0.2, 0.25) is 10.2 Å². The number of rotatable bonds is 5. The number of nitrogens with one attached hydrogen (secondary N) is 1. The highest BCUT2D eigenvalue weighted by Crippen LogP contribution is 2.18. The Kier molecular flexibility index (Phi) is 5.96. The van der Waals surface area contributed by atoms with Crippen LogP contribution in [0.4, 0.5) is 0 Å². The molecule has 1 aromatic carbocycles. The molecule has 23 heavy (non-hydrogen) atoms. The average molecular weight is 353 g/mol. The van der Waals surface area contributed by atoms with Gasteiger partial charge in [-0.2, -0.15) is 0 Å². The van der Waals surface area contributed by atoms with Crippen LogP contribution in [-0.2, 0) is 16.1 Å². The van der Waals surface area contributed by atoms with Crippen molar-refractivity contribution in [2.75, 3.05) is 0 Å². The zero-order chi connectivity index (χ0) is 16.8. The van der Waals surface area contributed by atoms with E-state index in [2.05, 4.69) is 10.3 Å². The minimum atomic E-state index is -0.983. The second-order valence-electron chi connectivity index (χ2n) is 4.72. The predicted octanol–water partition coefficient (Wildman–Crippen LogP) is 3.25. The van der Waals surface area contributed by atoms with Crippen LogP contribution in [-0.4, -0.2) is 23.0 Å². The number of aromatic nitrogens is 1. The number of hydrogen-bond acceptors (Lipinski definition) is 4. The molecule has 2 rings (SSSR count). The van der Waals surface area contributed by atoms with Crippen LogP contribution in [0.1, 0.15) is 23.0 Å². The molecule has 0 spiro atoms. The van der Waals surface area contributed by atoms with Gasteiger partial charge in [-0.05, 0) is 24.6 Å². The molecular formula is C16H14Cl2N2O3. The summed E-state index contributed by atoms with van der Waals surface area (Å²) in [4.78, 5) is 27.8. The predicted molar refractivity (Wildman–Crippen MR) is 87.4 cm³/mol. The lowest BCUT2D eigenvalue weighted by atomic mass is 10.2. The van der Waals surface area contributed by atoms with Crippen LogP contribution in [0.3, 0.4) is 0 Å². The first-order valence-corrected chi connectivity index (χ1v) is 7.57. The fourth-order valence-corrected chi connectivity index (χ4v) is 2.09. The number of pyridine rings is 1. The van der Waals surface area contributed by atoms with Crippen molar-refractivity contribution in [1.29, 1.82) is 0 Å². The van der Waals surface area contributed by atoms with E-state index in [1.165, 1.54) is 19.1 Å². The lowest BCUT2D eigenvalue weighted by molar-refractivity contribution is -0.129. The number of benzene rings is 1. The van der Waals surface area contributed by atoms with Crippen molar-refractivity contribution in [2.45, 2.75) is 19.6 Å². The Morgan fingerprint density at radius 2 is 1.87 bits per heavy atom. The number of amides is 1. The molecule has 0 saturated carbocycles. The molecule has 120 valence electrons. The molecule has 7 heteroatoms. The Hall–Kier alpha value is -2.11. The van der Waals surface area contributed by atoms with Crippen LogP contribution in [0.15, 0.2) is 42.5 Å². The monoisotopic (exact) mass is 352 g/mol. The molecule has 1 aromatic heterocycles. The summed E-state index contributed by atoms with van der Waals surface area (Å²) in [5.41, 5.74) is 0.820. The van der Waals surface area contributed by atoms with E-state index in [4.69, 9.17) is 27.9 Å². The quantitative estimate of drug-likeness (QED) is 0.662. The molecular weight excluding hydrogens is 339 g/mol. The Morgan fingerprint density at radius 3 is 2.57 bits per heavy atom. The summed E-state index contributed by atoms with van der Waals surface area (Å²) in [6.07, 6.45) is -0.983. The minimum Gasteiger partial charge on any atom is -0.448 e. The average Bonchev–Trinajstić information content (AvgIpc) is 2.55. The highest BCUT2D eigenvalue weighted by atomic mass is 35.5. The van der Waals surface area contributed by atoms with Crippen molar-refractivity contribution in [1.82, 2.24) is 10.3 Å². The molecule has 0 aliphatic rings. The maximum atomic E-state index is 12.0. The van der Waals surface area contributed by atoms with Crippen molar-refractivity contribution in [3.05, 3.63) is 63.9 Å². The molecule has 0 aliphatic heterocycles. The van der Waals surface area contributed by atoms with Gasteiger partial charge in [0.1, 0.15) is 5.15 Å². The molecule has 1 heterocycles. The Bertz CT molecular complexity index is 708. The second kappa shape index (κ2) is 7.94. The van der Waals surface area contributed by atoms with E-state index in [0.29, 0.717) is 6.54 Å². The molecule has 1 amide bonds. The Morgan fingerprint density at radius 1 is 1.17 bits per heavy atom. The highest BCUT2D eigenvalue weighted by Gasteiger charge is 2.21. The van der Waals surface area contributed by atoms with Crippen molar-refractivity contribution >= 4 is 35.1 Å². The maximum Gasteiger partial charge on any atom is 0.359 e. The Labute approximate surface area is 143 Å². The SMILES string of the molecule is C[C@H](OC(=O)c1nc(Cl)ccc1Cl)C(=O)NCc1ccccc1. The van der Waals surface area contributed by atoms with Crippen LogP contribution < -0.4 is 5.32 Å². The smallest absolute Gasteiger partial charge is 0.359 e. The number of esters is 1. The van der Waals surface area contributed by atoms with E-state index in [0.717, 1.165) is 5.56 Å². The zero-order valence-electron chi connectivity index (χ0n) is 12.3. The van der Waals surface area contributed by atoms with E-state index >= 15 is 0 Å². The van der Waals surface area contributed by atoms with Crippen LogP contribution >= 0.6 is 23.2 Å². The number of nitrogens with zero attached hydrogens (tertiary/aromatic N) is 1. The van der Waals surface area contributed by atoms with E-state index in [1.807, 2.05) is 30.3 Å². The van der Waals surface area contributed by atoms with Crippen molar-refractivity contribution in [3.8, 4) is 0 Å². The molecule has 0 bridgehead atoms. The van der Waals surface area contributed by atoms with Gasteiger partial charge in [0.2, 0.25) is 0 Å². The van der Waals surface area contributed by atoms with Gasteiger partial charge in [0.15, 0.2) is 11.8 Å². The maximum absolute atomic E-state index is 12.0.